The lowest BCUT2D eigenvalue weighted by molar-refractivity contribution is 0.0969. The predicted molar refractivity (Wildman–Crippen MR) is 99.1 cm³/mol. The summed E-state index contributed by atoms with van der Waals surface area (Å²) < 4.78 is 0. The van der Waals surface area contributed by atoms with Gasteiger partial charge >= 0.3 is 0 Å². The average molecular weight is 343 g/mol. The fourth-order valence-corrected chi connectivity index (χ4v) is 3.19. The van der Waals surface area contributed by atoms with Crippen LogP contribution in [-0.2, 0) is 6.42 Å². The minimum absolute atomic E-state index is 0.165. The van der Waals surface area contributed by atoms with Crippen LogP contribution in [0.1, 0.15) is 39.1 Å². The maximum absolute atomic E-state index is 12.5. The largest absolute Gasteiger partial charge is 0.322 e. The van der Waals surface area contributed by atoms with E-state index in [1.165, 1.54) is 6.33 Å². The van der Waals surface area contributed by atoms with Crippen molar-refractivity contribution in [3.05, 3.63) is 77.9 Å². The second-order valence-electron chi connectivity index (χ2n) is 6.31. The van der Waals surface area contributed by atoms with E-state index in [0.717, 1.165) is 35.1 Å². The van der Waals surface area contributed by atoms with Crippen molar-refractivity contribution >= 4 is 17.4 Å². The molecule has 0 spiro atoms. The van der Waals surface area contributed by atoms with E-state index in [1.807, 2.05) is 30.3 Å². The summed E-state index contributed by atoms with van der Waals surface area (Å²) in [6, 6.07) is 12.8. The van der Waals surface area contributed by atoms with Crippen molar-refractivity contribution in [2.75, 3.05) is 5.32 Å². The monoisotopic (exact) mass is 343 g/mol. The first-order valence-electron chi connectivity index (χ1n) is 8.53. The number of hydrogen-bond donors (Lipinski definition) is 1. The predicted octanol–water partition coefficient (Wildman–Crippen LogP) is 3.91. The van der Waals surface area contributed by atoms with Crippen LogP contribution in [0.2, 0.25) is 0 Å². The standard InChI is InChI=1S/C21H17N3O2/c25-20-3-1-2-15-10-16(6-9-19(15)20)21(26)24-18-7-4-14(5-8-18)17-11-22-13-23-12-17/h4-13H,1-3H2,(H,24,26). The van der Waals surface area contributed by atoms with Crippen molar-refractivity contribution in [2.45, 2.75) is 19.3 Å². The Morgan fingerprint density at radius 1 is 0.923 bits per heavy atom. The van der Waals surface area contributed by atoms with Crippen LogP contribution in [-0.4, -0.2) is 21.7 Å². The number of ketones is 1. The van der Waals surface area contributed by atoms with Gasteiger partial charge in [0.25, 0.3) is 5.91 Å². The quantitative estimate of drug-likeness (QED) is 0.782. The third-order valence-corrected chi connectivity index (χ3v) is 4.55. The molecule has 0 aliphatic heterocycles. The van der Waals surface area contributed by atoms with E-state index in [9.17, 15) is 9.59 Å². The highest BCUT2D eigenvalue weighted by molar-refractivity contribution is 6.06. The molecule has 1 N–H and O–H groups in total. The molecule has 1 aliphatic carbocycles. The lowest BCUT2D eigenvalue weighted by atomic mass is 9.89. The van der Waals surface area contributed by atoms with E-state index in [4.69, 9.17) is 0 Å². The normalized spacial score (nSPS) is 13.2. The van der Waals surface area contributed by atoms with Gasteiger partial charge in [-0.15, -0.1) is 0 Å². The highest BCUT2D eigenvalue weighted by Gasteiger charge is 2.18. The van der Waals surface area contributed by atoms with Gasteiger partial charge in [-0.2, -0.15) is 0 Å². The summed E-state index contributed by atoms with van der Waals surface area (Å²) in [5.41, 5.74) is 4.90. The number of amides is 1. The molecule has 0 radical (unpaired) electrons. The highest BCUT2D eigenvalue weighted by Crippen LogP contribution is 2.23. The van der Waals surface area contributed by atoms with Crippen molar-refractivity contribution in [1.82, 2.24) is 9.97 Å². The van der Waals surface area contributed by atoms with Crippen molar-refractivity contribution in [3.63, 3.8) is 0 Å². The number of Topliss-reactive ketones (excluding diaryl/α,β-unsaturated/α-hetero) is 1. The Kier molecular flexibility index (Phi) is 4.27. The number of benzene rings is 2. The van der Waals surface area contributed by atoms with E-state index < -0.39 is 0 Å². The molecule has 5 heteroatoms. The van der Waals surface area contributed by atoms with E-state index in [2.05, 4.69) is 15.3 Å². The average Bonchev–Trinajstić information content (AvgIpc) is 2.69. The Morgan fingerprint density at radius 3 is 2.46 bits per heavy atom. The molecule has 1 heterocycles. The van der Waals surface area contributed by atoms with Gasteiger partial charge in [0.15, 0.2) is 5.78 Å². The molecule has 2 aromatic carbocycles. The number of nitrogens with zero attached hydrogens (tertiary/aromatic N) is 2. The van der Waals surface area contributed by atoms with Crippen molar-refractivity contribution in [3.8, 4) is 11.1 Å². The van der Waals surface area contributed by atoms with Crippen LogP contribution in [0.3, 0.4) is 0 Å². The molecule has 26 heavy (non-hydrogen) atoms. The topological polar surface area (TPSA) is 72.0 Å². The SMILES string of the molecule is O=C(Nc1ccc(-c2cncnc2)cc1)c1ccc2c(c1)CCCC2=O. The Bertz CT molecular complexity index is 966. The molecule has 0 saturated heterocycles. The fraction of sp³-hybridized carbons (Fsp3) is 0.143. The van der Waals surface area contributed by atoms with Gasteiger partial charge < -0.3 is 5.32 Å². The van der Waals surface area contributed by atoms with Gasteiger partial charge in [0, 0.05) is 41.2 Å². The highest BCUT2D eigenvalue weighted by atomic mass is 16.1. The number of fused-ring (bicyclic) bond motifs is 1. The van der Waals surface area contributed by atoms with Gasteiger partial charge in [-0.05, 0) is 48.2 Å². The first kappa shape index (κ1) is 16.1. The molecule has 3 aromatic rings. The molecule has 128 valence electrons. The van der Waals surface area contributed by atoms with Crippen LogP contribution in [0.25, 0.3) is 11.1 Å². The first-order valence-corrected chi connectivity index (χ1v) is 8.53. The number of anilines is 1. The maximum Gasteiger partial charge on any atom is 0.255 e. The molecule has 0 bridgehead atoms. The minimum Gasteiger partial charge on any atom is -0.322 e. The summed E-state index contributed by atoms with van der Waals surface area (Å²) in [7, 11) is 0. The second-order valence-corrected chi connectivity index (χ2v) is 6.31. The van der Waals surface area contributed by atoms with Gasteiger partial charge in [0.1, 0.15) is 6.33 Å². The Morgan fingerprint density at radius 2 is 1.69 bits per heavy atom. The third kappa shape index (κ3) is 3.24. The number of aryl methyl sites for hydroxylation is 1. The number of aromatic nitrogens is 2. The van der Waals surface area contributed by atoms with E-state index in [-0.39, 0.29) is 11.7 Å². The molecule has 1 amide bonds. The van der Waals surface area contributed by atoms with Crippen LogP contribution >= 0.6 is 0 Å². The van der Waals surface area contributed by atoms with Crippen LogP contribution in [0.4, 0.5) is 5.69 Å². The van der Waals surface area contributed by atoms with Crippen molar-refractivity contribution in [1.29, 1.82) is 0 Å². The number of nitrogens with one attached hydrogen (secondary N) is 1. The molecule has 0 fully saturated rings. The van der Waals surface area contributed by atoms with Crippen LogP contribution in [0.15, 0.2) is 61.2 Å². The number of carbonyl (C=O) groups excluding carboxylic acids is 2. The molecular weight excluding hydrogens is 326 g/mol. The lowest BCUT2D eigenvalue weighted by Crippen LogP contribution is -2.15. The van der Waals surface area contributed by atoms with Crippen LogP contribution in [0.5, 0.6) is 0 Å². The van der Waals surface area contributed by atoms with Crippen LogP contribution < -0.4 is 5.32 Å². The van der Waals surface area contributed by atoms with Crippen LogP contribution in [0, 0.1) is 0 Å². The number of carbonyl (C=O) groups is 2. The number of hydrogen-bond acceptors (Lipinski definition) is 4. The summed E-state index contributed by atoms with van der Waals surface area (Å²) in [5, 5.41) is 2.90. The minimum atomic E-state index is -0.179. The summed E-state index contributed by atoms with van der Waals surface area (Å²) in [4.78, 5) is 32.4. The first-order chi connectivity index (χ1) is 12.7. The van der Waals surface area contributed by atoms with Gasteiger partial charge in [0.2, 0.25) is 0 Å². The number of rotatable bonds is 3. The molecule has 1 aliphatic rings. The molecule has 0 atom stereocenters. The summed E-state index contributed by atoms with van der Waals surface area (Å²) >= 11 is 0. The summed E-state index contributed by atoms with van der Waals surface area (Å²) in [6.45, 7) is 0. The van der Waals surface area contributed by atoms with Gasteiger partial charge in [-0.1, -0.05) is 18.2 Å². The fourth-order valence-electron chi connectivity index (χ4n) is 3.19. The van der Waals surface area contributed by atoms with E-state index in [1.54, 1.807) is 24.5 Å². The molecule has 1 aromatic heterocycles. The molecule has 4 rings (SSSR count). The van der Waals surface area contributed by atoms with Crippen molar-refractivity contribution in [2.24, 2.45) is 0 Å². The molecule has 5 nitrogen and oxygen atoms in total. The molecule has 0 saturated carbocycles. The summed E-state index contributed by atoms with van der Waals surface area (Å²) in [5.74, 6) is -0.0136. The second kappa shape index (κ2) is 6.88. The third-order valence-electron chi connectivity index (χ3n) is 4.55. The Labute approximate surface area is 151 Å². The van der Waals surface area contributed by atoms with Gasteiger partial charge in [-0.25, -0.2) is 9.97 Å². The van der Waals surface area contributed by atoms with E-state index in [0.29, 0.717) is 17.7 Å². The zero-order valence-corrected chi connectivity index (χ0v) is 14.1. The lowest BCUT2D eigenvalue weighted by Gasteiger charge is -2.15. The van der Waals surface area contributed by atoms with Gasteiger partial charge in [-0.3, -0.25) is 9.59 Å². The summed E-state index contributed by atoms with van der Waals surface area (Å²) in [6.07, 6.45) is 7.27. The molecular formula is C21H17N3O2. The van der Waals surface area contributed by atoms with Gasteiger partial charge in [0.05, 0.1) is 0 Å². The zero-order valence-electron chi connectivity index (χ0n) is 14.1. The Balaban J connectivity index is 1.51. The Hall–Kier alpha value is -3.34. The smallest absolute Gasteiger partial charge is 0.255 e. The van der Waals surface area contributed by atoms with E-state index >= 15 is 0 Å². The van der Waals surface area contributed by atoms with Crippen molar-refractivity contribution < 1.29 is 9.59 Å². The maximum atomic E-state index is 12.5. The zero-order chi connectivity index (χ0) is 17.9. The molecule has 0 unspecified atom stereocenters.